The van der Waals surface area contributed by atoms with Crippen LogP contribution in [0.5, 0.6) is 0 Å². The largest absolute Gasteiger partial charge is 0.469 e. The number of rotatable bonds is 2. The number of hydrogen-bond acceptors (Lipinski definition) is 4. The van der Waals surface area contributed by atoms with Crippen LogP contribution in [0, 0.1) is 5.41 Å². The minimum Gasteiger partial charge on any atom is -0.469 e. The van der Waals surface area contributed by atoms with Crippen molar-refractivity contribution < 1.29 is 9.53 Å². The van der Waals surface area contributed by atoms with Crippen molar-refractivity contribution in [2.24, 2.45) is 5.41 Å². The van der Waals surface area contributed by atoms with Crippen LogP contribution in [0.1, 0.15) is 44.3 Å². The van der Waals surface area contributed by atoms with Gasteiger partial charge in [-0.3, -0.25) is 9.20 Å². The molecule has 2 atom stereocenters. The van der Waals surface area contributed by atoms with E-state index in [0.29, 0.717) is 9.76 Å². The van der Waals surface area contributed by atoms with Crippen molar-refractivity contribution in [3.05, 3.63) is 28.0 Å². The number of methoxy groups -OCH3 is 1. The average Bonchev–Trinajstić information content (AvgIpc) is 2.85. The van der Waals surface area contributed by atoms with Crippen LogP contribution in [-0.4, -0.2) is 27.4 Å². The highest BCUT2D eigenvalue weighted by molar-refractivity contribution is 9.10. The highest BCUT2D eigenvalue weighted by Crippen LogP contribution is 2.45. The molecule has 0 radical (unpaired) electrons. The average molecular weight is 387 g/mol. The molecule has 0 N–H and O–H groups in total. The monoisotopic (exact) mass is 385 g/mol. The van der Waals surface area contributed by atoms with E-state index in [2.05, 4.69) is 25.9 Å². The second kappa shape index (κ2) is 5.81. The van der Waals surface area contributed by atoms with Crippen LogP contribution >= 0.6 is 27.5 Å². The SMILES string of the molecule is COC(=O)[C@]1(C)CCC[C@H](c2nc(Br)c3c(Cl)nccn23)C1. The van der Waals surface area contributed by atoms with Crippen molar-refractivity contribution in [3.8, 4) is 0 Å². The molecule has 0 spiro atoms. The predicted octanol–water partition coefficient (Wildman–Crippen LogP) is 3.98. The van der Waals surface area contributed by atoms with Crippen molar-refractivity contribution in [2.75, 3.05) is 7.11 Å². The second-order valence-electron chi connectivity index (χ2n) is 6.04. The van der Waals surface area contributed by atoms with E-state index in [4.69, 9.17) is 16.3 Å². The third-order valence-electron chi connectivity index (χ3n) is 4.52. The Hall–Kier alpha value is -1.14. The van der Waals surface area contributed by atoms with Gasteiger partial charge in [0.15, 0.2) is 5.15 Å². The number of aromatic nitrogens is 3. The first-order valence-electron chi connectivity index (χ1n) is 7.22. The molecule has 1 aliphatic rings. The summed E-state index contributed by atoms with van der Waals surface area (Å²) in [6, 6.07) is 0. The van der Waals surface area contributed by atoms with Crippen LogP contribution in [0.15, 0.2) is 17.0 Å². The standard InChI is InChI=1S/C15H17BrClN3O2/c1-15(14(21)22-2)5-3-4-9(8-15)13-19-11(16)10-12(17)18-6-7-20(10)13/h6-7,9H,3-5,8H2,1-2H3/t9-,15+/m0/s1. The molecule has 2 aromatic heterocycles. The Morgan fingerprint density at radius 1 is 1.59 bits per heavy atom. The van der Waals surface area contributed by atoms with Gasteiger partial charge in [-0.25, -0.2) is 9.97 Å². The van der Waals surface area contributed by atoms with Gasteiger partial charge in [0.1, 0.15) is 15.9 Å². The van der Waals surface area contributed by atoms with Gasteiger partial charge in [0.05, 0.1) is 12.5 Å². The highest BCUT2D eigenvalue weighted by Gasteiger charge is 2.41. The summed E-state index contributed by atoms with van der Waals surface area (Å²) < 4.78 is 7.63. The summed E-state index contributed by atoms with van der Waals surface area (Å²) in [5, 5.41) is 0.416. The van der Waals surface area contributed by atoms with Crippen LogP contribution < -0.4 is 0 Å². The molecule has 7 heteroatoms. The maximum Gasteiger partial charge on any atom is 0.311 e. The van der Waals surface area contributed by atoms with Gasteiger partial charge in [0, 0.05) is 18.3 Å². The first-order chi connectivity index (χ1) is 10.5. The van der Waals surface area contributed by atoms with Crippen molar-refractivity contribution in [3.63, 3.8) is 0 Å². The van der Waals surface area contributed by atoms with Gasteiger partial charge in [-0.05, 0) is 42.1 Å². The van der Waals surface area contributed by atoms with Crippen LogP contribution in [0.2, 0.25) is 5.15 Å². The Labute approximate surface area is 142 Å². The number of carbonyl (C=O) groups is 1. The molecule has 0 bridgehead atoms. The lowest BCUT2D eigenvalue weighted by molar-refractivity contribution is -0.154. The van der Waals surface area contributed by atoms with Crippen molar-refractivity contribution >= 4 is 39.0 Å². The Morgan fingerprint density at radius 2 is 2.36 bits per heavy atom. The van der Waals surface area contributed by atoms with Gasteiger partial charge < -0.3 is 4.74 Å². The molecule has 0 amide bonds. The number of nitrogens with zero attached hydrogens (tertiary/aromatic N) is 3. The fourth-order valence-electron chi connectivity index (χ4n) is 3.41. The molecule has 1 saturated carbocycles. The van der Waals surface area contributed by atoms with E-state index in [-0.39, 0.29) is 11.9 Å². The van der Waals surface area contributed by atoms with E-state index in [1.54, 1.807) is 6.20 Å². The Morgan fingerprint density at radius 3 is 3.09 bits per heavy atom. The third-order valence-corrected chi connectivity index (χ3v) is 5.35. The molecular formula is C15H17BrClN3O2. The number of imidazole rings is 1. The lowest BCUT2D eigenvalue weighted by atomic mass is 9.70. The van der Waals surface area contributed by atoms with E-state index in [9.17, 15) is 4.79 Å². The summed E-state index contributed by atoms with van der Waals surface area (Å²) in [7, 11) is 1.45. The minimum absolute atomic E-state index is 0.142. The molecule has 118 valence electrons. The highest BCUT2D eigenvalue weighted by atomic mass is 79.9. The number of hydrogen-bond donors (Lipinski definition) is 0. The third kappa shape index (κ3) is 2.52. The lowest BCUT2D eigenvalue weighted by Crippen LogP contribution is -2.34. The van der Waals surface area contributed by atoms with Crippen LogP contribution in [0.25, 0.3) is 5.52 Å². The van der Waals surface area contributed by atoms with E-state index in [0.717, 1.165) is 37.0 Å². The lowest BCUT2D eigenvalue weighted by Gasteiger charge is -2.35. The molecule has 0 saturated heterocycles. The van der Waals surface area contributed by atoms with E-state index in [1.807, 2.05) is 17.5 Å². The van der Waals surface area contributed by atoms with Gasteiger partial charge in [0.2, 0.25) is 0 Å². The molecule has 3 rings (SSSR count). The van der Waals surface area contributed by atoms with Crippen molar-refractivity contribution in [2.45, 2.75) is 38.5 Å². The Kier molecular flexibility index (Phi) is 4.16. The molecule has 5 nitrogen and oxygen atoms in total. The molecule has 2 aromatic rings. The molecule has 0 aromatic carbocycles. The van der Waals surface area contributed by atoms with Crippen molar-refractivity contribution in [1.29, 1.82) is 0 Å². The summed E-state index contributed by atoms with van der Waals surface area (Å²) in [6.45, 7) is 1.98. The normalized spacial score (nSPS) is 25.4. The molecule has 0 unspecified atom stereocenters. The number of ether oxygens (including phenoxy) is 1. The molecule has 22 heavy (non-hydrogen) atoms. The summed E-state index contributed by atoms with van der Waals surface area (Å²) in [5.41, 5.74) is 0.316. The topological polar surface area (TPSA) is 56.5 Å². The smallest absolute Gasteiger partial charge is 0.311 e. The summed E-state index contributed by atoms with van der Waals surface area (Å²) in [6.07, 6.45) is 7.07. The summed E-state index contributed by atoms with van der Waals surface area (Å²) >= 11 is 9.63. The molecule has 2 heterocycles. The van der Waals surface area contributed by atoms with Gasteiger partial charge in [-0.15, -0.1) is 0 Å². The summed E-state index contributed by atoms with van der Waals surface area (Å²) in [4.78, 5) is 20.8. The second-order valence-corrected chi connectivity index (χ2v) is 7.15. The quantitative estimate of drug-likeness (QED) is 0.733. The zero-order valence-corrected chi connectivity index (χ0v) is 14.8. The molecule has 1 fully saturated rings. The fraction of sp³-hybridized carbons (Fsp3) is 0.533. The van der Waals surface area contributed by atoms with Gasteiger partial charge >= 0.3 is 5.97 Å². The predicted molar refractivity (Wildman–Crippen MR) is 87.0 cm³/mol. The fourth-order valence-corrected chi connectivity index (χ4v) is 4.32. The Balaban J connectivity index is 2.01. The number of halogens is 2. The van der Waals surface area contributed by atoms with Crippen molar-refractivity contribution in [1.82, 2.24) is 14.4 Å². The van der Waals surface area contributed by atoms with Gasteiger partial charge in [0.25, 0.3) is 0 Å². The minimum atomic E-state index is -0.452. The Bertz CT molecular complexity index is 733. The summed E-state index contributed by atoms with van der Waals surface area (Å²) in [5.74, 6) is 0.966. The zero-order chi connectivity index (χ0) is 15.9. The van der Waals surface area contributed by atoms with Gasteiger partial charge in [-0.2, -0.15) is 0 Å². The number of fused-ring (bicyclic) bond motifs is 1. The number of esters is 1. The number of carbonyl (C=O) groups excluding carboxylic acids is 1. The molecule has 0 aliphatic heterocycles. The molecule has 1 aliphatic carbocycles. The maximum atomic E-state index is 12.1. The van der Waals surface area contributed by atoms with Crippen LogP contribution in [-0.2, 0) is 9.53 Å². The first-order valence-corrected chi connectivity index (χ1v) is 8.40. The van der Waals surface area contributed by atoms with E-state index >= 15 is 0 Å². The van der Waals surface area contributed by atoms with Crippen LogP contribution in [0.3, 0.4) is 0 Å². The zero-order valence-electron chi connectivity index (χ0n) is 12.5. The van der Waals surface area contributed by atoms with Crippen LogP contribution in [0.4, 0.5) is 0 Å². The molecular weight excluding hydrogens is 370 g/mol. The maximum absolute atomic E-state index is 12.1. The van der Waals surface area contributed by atoms with E-state index in [1.165, 1.54) is 7.11 Å². The van der Waals surface area contributed by atoms with E-state index < -0.39 is 5.41 Å². The first kappa shape index (κ1) is 15.7. The van der Waals surface area contributed by atoms with Gasteiger partial charge in [-0.1, -0.05) is 18.0 Å².